The Morgan fingerprint density at radius 1 is 1.20 bits per heavy atom. The Hall–Kier alpha value is -2.94. The Labute approximate surface area is 113 Å². The summed E-state index contributed by atoms with van der Waals surface area (Å²) in [7, 11) is 1.79. The zero-order valence-electron chi connectivity index (χ0n) is 10.5. The van der Waals surface area contributed by atoms with E-state index in [1.807, 2.05) is 6.07 Å². The van der Waals surface area contributed by atoms with Gasteiger partial charge >= 0.3 is 0 Å². The number of aromatic nitrogens is 3. The molecule has 3 heterocycles. The maximum Gasteiger partial charge on any atom is 0.276 e. The van der Waals surface area contributed by atoms with Gasteiger partial charge < -0.3 is 9.73 Å². The third-order valence-electron chi connectivity index (χ3n) is 2.58. The quantitative estimate of drug-likeness (QED) is 0.685. The van der Waals surface area contributed by atoms with Crippen LogP contribution in [0.1, 0.15) is 11.5 Å². The number of fused-ring (bicyclic) bond motifs is 1. The van der Waals surface area contributed by atoms with Gasteiger partial charge in [0.25, 0.3) is 5.89 Å². The van der Waals surface area contributed by atoms with Crippen LogP contribution in [-0.2, 0) is 0 Å². The van der Waals surface area contributed by atoms with Gasteiger partial charge in [0.15, 0.2) is 5.82 Å². The molecule has 0 saturated heterocycles. The number of rotatable bonds is 1. The summed E-state index contributed by atoms with van der Waals surface area (Å²) in [5.74, 6) is 5.94. The highest BCUT2D eigenvalue weighted by molar-refractivity contribution is 5.68. The first-order valence-electron chi connectivity index (χ1n) is 5.83. The summed E-state index contributed by atoms with van der Waals surface area (Å²) in [4.78, 5) is 12.0. The topological polar surface area (TPSA) is 63.8 Å². The SMILES string of the molecule is CNc1ccc(C#Cc2nc3nccc(F)c3o2)cn1. The van der Waals surface area contributed by atoms with E-state index in [1.165, 1.54) is 12.3 Å². The summed E-state index contributed by atoms with van der Waals surface area (Å²) in [5.41, 5.74) is 0.929. The average molecular weight is 268 g/mol. The van der Waals surface area contributed by atoms with Crippen LogP contribution >= 0.6 is 0 Å². The number of halogens is 1. The predicted molar refractivity (Wildman–Crippen MR) is 71.5 cm³/mol. The Morgan fingerprint density at radius 2 is 2.10 bits per heavy atom. The van der Waals surface area contributed by atoms with Crippen molar-refractivity contribution in [3.8, 4) is 11.8 Å². The summed E-state index contributed by atoms with van der Waals surface area (Å²) in [6.45, 7) is 0. The molecule has 3 rings (SSSR count). The molecule has 0 aliphatic heterocycles. The van der Waals surface area contributed by atoms with E-state index < -0.39 is 5.82 Å². The molecule has 0 aliphatic rings. The van der Waals surface area contributed by atoms with Crippen LogP contribution in [0.15, 0.2) is 35.0 Å². The standard InChI is InChI=1S/C14H9FN4O/c1-16-11-4-2-9(8-18-11)3-5-12-19-14-13(20-12)10(15)6-7-17-14/h2,4,6-8H,1H3,(H,16,18). The molecule has 0 atom stereocenters. The maximum absolute atomic E-state index is 13.4. The van der Waals surface area contributed by atoms with Gasteiger partial charge in [0.2, 0.25) is 11.2 Å². The molecule has 0 bridgehead atoms. The second-order valence-electron chi connectivity index (χ2n) is 3.90. The number of hydrogen-bond donors (Lipinski definition) is 1. The average Bonchev–Trinajstić information content (AvgIpc) is 2.90. The molecular formula is C14H9FN4O. The lowest BCUT2D eigenvalue weighted by Crippen LogP contribution is -1.91. The molecule has 3 aromatic rings. The normalized spacial score (nSPS) is 10.1. The van der Waals surface area contributed by atoms with Gasteiger partial charge in [-0.25, -0.2) is 14.4 Å². The molecule has 0 aliphatic carbocycles. The minimum absolute atomic E-state index is 0.0143. The van der Waals surface area contributed by atoms with Crippen molar-refractivity contribution in [1.29, 1.82) is 0 Å². The van der Waals surface area contributed by atoms with Crippen molar-refractivity contribution < 1.29 is 8.81 Å². The predicted octanol–water partition coefficient (Wildman–Crippen LogP) is 2.20. The van der Waals surface area contributed by atoms with Crippen LogP contribution in [0.3, 0.4) is 0 Å². The summed E-state index contributed by atoms with van der Waals surface area (Å²) in [5, 5.41) is 2.91. The molecule has 0 unspecified atom stereocenters. The molecule has 3 aromatic heterocycles. The van der Waals surface area contributed by atoms with E-state index in [0.29, 0.717) is 5.56 Å². The van der Waals surface area contributed by atoms with Gasteiger partial charge in [-0.1, -0.05) is 5.92 Å². The Kier molecular flexibility index (Phi) is 3.01. The van der Waals surface area contributed by atoms with E-state index in [9.17, 15) is 4.39 Å². The first kappa shape index (κ1) is 12.1. The van der Waals surface area contributed by atoms with Crippen molar-refractivity contribution >= 4 is 17.0 Å². The van der Waals surface area contributed by atoms with Gasteiger partial charge in [0, 0.05) is 25.0 Å². The number of anilines is 1. The zero-order chi connectivity index (χ0) is 13.9. The number of oxazole rings is 1. The molecule has 6 heteroatoms. The van der Waals surface area contributed by atoms with Gasteiger partial charge in [-0.2, -0.15) is 4.98 Å². The van der Waals surface area contributed by atoms with E-state index >= 15 is 0 Å². The van der Waals surface area contributed by atoms with Crippen molar-refractivity contribution in [2.75, 3.05) is 12.4 Å². The van der Waals surface area contributed by atoms with Crippen LogP contribution in [-0.4, -0.2) is 22.0 Å². The number of nitrogens with one attached hydrogen (secondary N) is 1. The van der Waals surface area contributed by atoms with Crippen molar-refractivity contribution in [3.63, 3.8) is 0 Å². The molecule has 5 nitrogen and oxygen atoms in total. The van der Waals surface area contributed by atoms with Crippen molar-refractivity contribution in [2.24, 2.45) is 0 Å². The zero-order valence-corrected chi connectivity index (χ0v) is 10.5. The fourth-order valence-electron chi connectivity index (χ4n) is 1.60. The summed E-state index contributed by atoms with van der Waals surface area (Å²) in [6.07, 6.45) is 2.96. The fraction of sp³-hybridized carbons (Fsp3) is 0.0714. The van der Waals surface area contributed by atoms with Crippen molar-refractivity contribution in [2.45, 2.75) is 0 Å². The second-order valence-corrected chi connectivity index (χ2v) is 3.90. The van der Waals surface area contributed by atoms with E-state index in [1.54, 1.807) is 19.3 Å². The minimum Gasteiger partial charge on any atom is -0.425 e. The second kappa shape index (κ2) is 4.97. The number of nitrogens with zero attached hydrogens (tertiary/aromatic N) is 3. The first-order chi connectivity index (χ1) is 9.76. The Bertz CT molecular complexity index is 815. The van der Waals surface area contributed by atoms with Crippen LogP contribution in [0.25, 0.3) is 11.2 Å². The largest absolute Gasteiger partial charge is 0.425 e. The Balaban J connectivity index is 1.93. The molecule has 0 spiro atoms. The van der Waals surface area contributed by atoms with Gasteiger partial charge in [0.05, 0.1) is 0 Å². The molecule has 0 saturated carbocycles. The molecule has 1 N–H and O–H groups in total. The van der Waals surface area contributed by atoms with E-state index in [4.69, 9.17) is 4.42 Å². The van der Waals surface area contributed by atoms with Gasteiger partial charge in [-0.05, 0) is 24.1 Å². The highest BCUT2D eigenvalue weighted by atomic mass is 19.1. The molecule has 0 aromatic carbocycles. The summed E-state index contributed by atoms with van der Waals surface area (Å²) >= 11 is 0. The van der Waals surface area contributed by atoms with Gasteiger partial charge in [-0.3, -0.25) is 0 Å². The molecular weight excluding hydrogens is 259 g/mol. The molecule has 20 heavy (non-hydrogen) atoms. The van der Waals surface area contributed by atoms with Crippen LogP contribution in [0.5, 0.6) is 0 Å². The minimum atomic E-state index is -0.504. The van der Waals surface area contributed by atoms with Crippen LogP contribution in [0.4, 0.5) is 10.2 Å². The van der Waals surface area contributed by atoms with Crippen LogP contribution < -0.4 is 5.32 Å². The van der Waals surface area contributed by atoms with Gasteiger partial charge in [-0.15, -0.1) is 0 Å². The molecule has 98 valence electrons. The third-order valence-corrected chi connectivity index (χ3v) is 2.58. The maximum atomic E-state index is 13.4. The Morgan fingerprint density at radius 3 is 2.80 bits per heavy atom. The fourth-order valence-corrected chi connectivity index (χ4v) is 1.60. The monoisotopic (exact) mass is 268 g/mol. The van der Waals surface area contributed by atoms with E-state index in [-0.39, 0.29) is 17.1 Å². The number of hydrogen-bond acceptors (Lipinski definition) is 5. The van der Waals surface area contributed by atoms with Crippen molar-refractivity contribution in [3.05, 3.63) is 47.9 Å². The molecule has 0 radical (unpaired) electrons. The number of pyridine rings is 2. The smallest absolute Gasteiger partial charge is 0.276 e. The lowest BCUT2D eigenvalue weighted by Gasteiger charge is -1.96. The highest BCUT2D eigenvalue weighted by Crippen LogP contribution is 2.15. The van der Waals surface area contributed by atoms with E-state index in [0.717, 1.165) is 5.82 Å². The lowest BCUT2D eigenvalue weighted by molar-refractivity contribution is 0.544. The summed E-state index contributed by atoms with van der Waals surface area (Å²) < 4.78 is 18.6. The summed E-state index contributed by atoms with van der Waals surface area (Å²) in [6, 6.07) is 4.83. The molecule has 0 amide bonds. The lowest BCUT2D eigenvalue weighted by atomic mass is 10.3. The highest BCUT2D eigenvalue weighted by Gasteiger charge is 2.08. The van der Waals surface area contributed by atoms with E-state index in [2.05, 4.69) is 32.1 Å². The van der Waals surface area contributed by atoms with Crippen LogP contribution in [0.2, 0.25) is 0 Å². The first-order valence-corrected chi connectivity index (χ1v) is 5.83. The van der Waals surface area contributed by atoms with Crippen molar-refractivity contribution in [1.82, 2.24) is 15.0 Å². The third kappa shape index (κ3) is 2.29. The van der Waals surface area contributed by atoms with Gasteiger partial charge in [0.1, 0.15) is 5.82 Å². The van der Waals surface area contributed by atoms with Crippen LogP contribution in [0, 0.1) is 17.7 Å². The molecule has 0 fully saturated rings.